The number of rotatable bonds is 25. The molecule has 0 aromatic heterocycles. The summed E-state index contributed by atoms with van der Waals surface area (Å²) in [7, 11) is -13.6. The second-order valence-electron chi connectivity index (χ2n) is 11.7. The predicted molar refractivity (Wildman–Crippen MR) is 251 cm³/mol. The average Bonchev–Trinajstić information content (AvgIpc) is 3.08. The monoisotopic (exact) mass is 987 g/mol. The van der Waals surface area contributed by atoms with Crippen molar-refractivity contribution >= 4 is 72.4 Å². The van der Waals surface area contributed by atoms with E-state index in [0.717, 1.165) is 17.1 Å². The summed E-state index contributed by atoms with van der Waals surface area (Å²) in [5.41, 5.74) is -0.741. The number of carbonyl (C=O) groups is 1. The fraction of sp³-hybridized carbons (Fsp3) is 0.811. The maximum Gasteiger partial charge on any atom is 0.348 e. The average molecular weight is 989 g/mol. The highest BCUT2D eigenvalue weighted by Crippen LogP contribution is 2.49. The van der Waals surface area contributed by atoms with Crippen molar-refractivity contribution in [3.8, 4) is 0 Å². The molecule has 0 aromatic carbocycles. The van der Waals surface area contributed by atoms with E-state index in [9.17, 15) is 42.8 Å². The van der Waals surface area contributed by atoms with Crippen LogP contribution in [0.1, 0.15) is 143 Å². The molecular formula is C37H83BClNO15PS4. The summed E-state index contributed by atoms with van der Waals surface area (Å²) in [5, 5.41) is 2.55. The van der Waals surface area contributed by atoms with Crippen LogP contribution in [-0.4, -0.2) is 116 Å². The fourth-order valence-corrected chi connectivity index (χ4v) is 9.63. The third-order valence-corrected chi connectivity index (χ3v) is 13.5. The molecule has 23 heteroatoms. The minimum absolute atomic E-state index is 0. The normalized spacial score (nSPS) is 11.8. The Hall–Kier alpha value is -0.965. The lowest BCUT2D eigenvalue weighted by molar-refractivity contribution is -0.929. The van der Waals surface area contributed by atoms with Crippen molar-refractivity contribution in [3.05, 3.63) is 34.5 Å². The fourth-order valence-electron chi connectivity index (χ4n) is 4.26. The van der Waals surface area contributed by atoms with Crippen molar-refractivity contribution < 1.29 is 70.9 Å². The highest BCUT2D eigenvalue weighted by Gasteiger charge is 2.32. The van der Waals surface area contributed by atoms with Crippen LogP contribution in [0.4, 0.5) is 0 Å². The number of hydrogen-bond acceptors (Lipinski definition) is 15. The van der Waals surface area contributed by atoms with E-state index in [0.29, 0.717) is 5.41 Å². The first-order valence-corrected chi connectivity index (χ1v) is 28.1. The van der Waals surface area contributed by atoms with Gasteiger partial charge in [0, 0.05) is 31.3 Å². The van der Waals surface area contributed by atoms with Gasteiger partial charge < -0.3 is 22.9 Å². The number of nitrogens with zero attached hydrogens (tertiary/aromatic N) is 1. The highest BCUT2D eigenvalue weighted by atomic mass is 35.7. The van der Waals surface area contributed by atoms with Gasteiger partial charge in [0.2, 0.25) is 0 Å². The van der Waals surface area contributed by atoms with Gasteiger partial charge in [-0.25, -0.2) is 16.8 Å². The SMILES string of the molecule is C.C/C=C/S(=O)(=O)Cl.C/C=C/S(=O)(=O)OCC.C/C=C/S(=O)(=O)[O-].CC=O.CCCC[N+](CCCC)(CCCC)CCCC.CCOP(=O)(CS(=O)(=O)OCC)OCC.[2HH].[B]. The Morgan fingerprint density at radius 2 is 0.917 bits per heavy atom. The van der Waals surface area contributed by atoms with Crippen molar-refractivity contribution in [2.45, 2.75) is 142 Å². The Labute approximate surface area is 375 Å². The third-order valence-electron chi connectivity index (χ3n) is 6.40. The largest absolute Gasteiger partial charge is 0.744 e. The molecule has 365 valence electrons. The van der Waals surface area contributed by atoms with E-state index in [4.69, 9.17) is 24.5 Å². The lowest BCUT2D eigenvalue weighted by atomic mass is 10.1. The van der Waals surface area contributed by atoms with Gasteiger partial charge in [0.15, 0.2) is 5.49 Å². The van der Waals surface area contributed by atoms with Crippen LogP contribution in [0.15, 0.2) is 34.5 Å². The van der Waals surface area contributed by atoms with Gasteiger partial charge in [0.25, 0.3) is 29.3 Å². The molecule has 0 aromatic rings. The van der Waals surface area contributed by atoms with Gasteiger partial charge in [0.1, 0.15) is 16.4 Å². The molecule has 0 amide bonds. The van der Waals surface area contributed by atoms with Crippen LogP contribution in [-0.2, 0) is 66.2 Å². The third kappa shape index (κ3) is 63.7. The Bertz CT molecular complexity index is 1460. The summed E-state index contributed by atoms with van der Waals surface area (Å²) in [5.74, 6) is 0. The van der Waals surface area contributed by atoms with Crippen LogP contribution in [0.25, 0.3) is 0 Å². The molecule has 3 radical (unpaired) electrons. The summed E-state index contributed by atoms with van der Waals surface area (Å²) in [4.78, 5) is 8.81. The van der Waals surface area contributed by atoms with Gasteiger partial charge in [-0.3, -0.25) is 12.9 Å². The van der Waals surface area contributed by atoms with Crippen LogP contribution in [0, 0.1) is 0 Å². The molecule has 0 aliphatic carbocycles. The minimum atomic E-state index is -4.10. The van der Waals surface area contributed by atoms with E-state index in [1.54, 1.807) is 34.6 Å². The first-order valence-electron chi connectivity index (χ1n) is 19.5. The quantitative estimate of drug-likeness (QED) is 0.0158. The van der Waals surface area contributed by atoms with Crippen LogP contribution in [0.2, 0.25) is 0 Å². The van der Waals surface area contributed by atoms with Crippen molar-refractivity contribution in [2.24, 2.45) is 0 Å². The molecule has 0 rings (SSSR count). The molecule has 16 nitrogen and oxygen atoms in total. The highest BCUT2D eigenvalue weighted by molar-refractivity contribution is 8.16. The van der Waals surface area contributed by atoms with Gasteiger partial charge in [-0.2, -0.15) is 16.8 Å². The van der Waals surface area contributed by atoms with E-state index in [-0.39, 0.29) is 43.7 Å². The van der Waals surface area contributed by atoms with E-state index in [2.05, 4.69) is 36.1 Å². The number of hydrogen-bond donors (Lipinski definition) is 0. The lowest BCUT2D eigenvalue weighted by Gasteiger charge is -2.39. The van der Waals surface area contributed by atoms with Crippen LogP contribution in [0.5, 0.6) is 0 Å². The van der Waals surface area contributed by atoms with Crippen LogP contribution >= 0.6 is 18.3 Å². The smallest absolute Gasteiger partial charge is 0.348 e. The molecule has 0 spiro atoms. The van der Waals surface area contributed by atoms with E-state index in [1.807, 2.05) is 0 Å². The van der Waals surface area contributed by atoms with Gasteiger partial charge in [-0.15, -0.1) is 0 Å². The van der Waals surface area contributed by atoms with Crippen molar-refractivity contribution in [2.75, 3.05) is 58.1 Å². The standard InChI is InChI=1S/C16H36N.C7H17O6PS.C5H10O3S.C3H5ClO2S.C3H6O3S.C2H4O.CH4.B.H2/c1-5-9-13-17(14-10-6-2,15-11-7-3)16-12-8-4;1-4-11-14(8,12-5-2)7-15(9,10)13-6-3;1-3-5-9(6,7)8-4-2;2*1-2-3-7(4,5)6;1-2-3;;;/h5-16H2,1-4H3;4-7H2,1-3H3;3,5H,4H2,1-2H3;2-3H,1H3;2-3H,1H3,(H,4,5,6);2H,1H3;1H4;;1H/q+1;;;;;;;;/p-1/b;;5-3+;2*3-2+;;;;/i;;;;;;;;1+1. The number of quaternary nitrogens is 1. The maximum absolute atomic E-state index is 11.8. The summed E-state index contributed by atoms with van der Waals surface area (Å²) >= 11 is 0. The topological polar surface area (TPSA) is 231 Å². The summed E-state index contributed by atoms with van der Waals surface area (Å²) in [6.45, 7) is 27.9. The van der Waals surface area contributed by atoms with Gasteiger partial charge in [0.05, 0.1) is 58.0 Å². The first kappa shape index (κ1) is 76.3. The van der Waals surface area contributed by atoms with Gasteiger partial charge in [-0.1, -0.05) is 79.0 Å². The summed E-state index contributed by atoms with van der Waals surface area (Å²) in [6.07, 6.45) is 15.8. The first-order chi connectivity index (χ1) is 26.8. The van der Waals surface area contributed by atoms with Gasteiger partial charge in [-0.05, 0) is 81.1 Å². The van der Waals surface area contributed by atoms with Crippen LogP contribution in [0.3, 0.4) is 0 Å². The number of aldehydes is 1. The zero-order chi connectivity index (χ0) is 46.8. The molecule has 0 heterocycles. The Morgan fingerprint density at radius 3 is 1.10 bits per heavy atom. The molecule has 0 saturated carbocycles. The molecule has 0 fully saturated rings. The molecule has 0 aliphatic heterocycles. The van der Waals surface area contributed by atoms with E-state index < -0.39 is 52.5 Å². The number of unbranched alkanes of at least 4 members (excludes halogenated alkanes) is 4. The molecule has 0 atom stereocenters. The summed E-state index contributed by atoms with van der Waals surface area (Å²) < 4.78 is 124. The van der Waals surface area contributed by atoms with Gasteiger partial charge >= 0.3 is 7.60 Å². The molecule has 0 unspecified atom stereocenters. The van der Waals surface area contributed by atoms with E-state index >= 15 is 0 Å². The second kappa shape index (κ2) is 47.5. The van der Waals surface area contributed by atoms with E-state index in [1.165, 1.54) is 121 Å². The molecule has 0 bridgehead atoms. The molecular weight excluding hydrogens is 904 g/mol. The molecule has 0 N–H and O–H groups in total. The Kier molecular flexibility index (Phi) is 60.5. The number of halogens is 1. The Balaban J connectivity index is -0.0000000801. The second-order valence-corrected chi connectivity index (χ2v) is 21.1. The minimum Gasteiger partial charge on any atom is -0.744 e. The van der Waals surface area contributed by atoms with Crippen molar-refractivity contribution in [1.82, 2.24) is 0 Å². The molecule has 0 aliphatic rings. The Morgan fingerprint density at radius 1 is 0.600 bits per heavy atom. The zero-order valence-electron chi connectivity index (χ0n) is 37.7. The van der Waals surface area contributed by atoms with Crippen LogP contribution < -0.4 is 0 Å². The number of carbonyl (C=O) groups excluding carboxylic acids is 1. The maximum atomic E-state index is 11.8. The molecule has 0 saturated heterocycles. The number of allylic oxidation sites excluding steroid dienone is 3. The zero-order valence-corrected chi connectivity index (χ0v) is 42.6. The van der Waals surface area contributed by atoms with Crippen molar-refractivity contribution in [3.63, 3.8) is 0 Å². The molecule has 60 heavy (non-hydrogen) atoms. The predicted octanol–water partition coefficient (Wildman–Crippen LogP) is 9.33. The summed E-state index contributed by atoms with van der Waals surface area (Å²) in [6, 6.07) is 0. The lowest BCUT2D eigenvalue weighted by Crippen LogP contribution is -2.50. The van der Waals surface area contributed by atoms with Crippen molar-refractivity contribution in [1.29, 1.82) is 0 Å².